The minimum atomic E-state index is -0.558. The molecule has 1 amide bonds. The number of hydrogen-bond donors (Lipinski definition) is 0. The van der Waals surface area contributed by atoms with Crippen LogP contribution in [0.4, 0.5) is 5.82 Å². The number of hydrogen-bond acceptors (Lipinski definition) is 7. The summed E-state index contributed by atoms with van der Waals surface area (Å²) < 4.78 is 12.8. The van der Waals surface area contributed by atoms with Gasteiger partial charge in [-0.3, -0.25) is 9.36 Å². The van der Waals surface area contributed by atoms with Crippen LogP contribution in [0.5, 0.6) is 11.5 Å². The van der Waals surface area contributed by atoms with Crippen molar-refractivity contribution in [3.63, 3.8) is 0 Å². The van der Waals surface area contributed by atoms with E-state index in [1.807, 2.05) is 46.9 Å². The van der Waals surface area contributed by atoms with Gasteiger partial charge in [0.2, 0.25) is 0 Å². The van der Waals surface area contributed by atoms with Crippen LogP contribution in [0.25, 0.3) is 5.82 Å². The van der Waals surface area contributed by atoms with Crippen molar-refractivity contribution in [2.75, 3.05) is 38.2 Å². The average molecular weight is 422 g/mol. The molecule has 2 aromatic heterocycles. The summed E-state index contributed by atoms with van der Waals surface area (Å²) >= 11 is 0. The van der Waals surface area contributed by atoms with E-state index >= 15 is 0 Å². The summed E-state index contributed by atoms with van der Waals surface area (Å²) in [6.45, 7) is 6.31. The lowest BCUT2D eigenvalue weighted by atomic mass is 10.2. The van der Waals surface area contributed by atoms with Crippen molar-refractivity contribution >= 4 is 11.7 Å². The lowest BCUT2D eigenvalue weighted by Crippen LogP contribution is -2.52. The van der Waals surface area contributed by atoms with Crippen molar-refractivity contribution in [3.05, 3.63) is 54.6 Å². The molecule has 1 aliphatic heterocycles. The zero-order valence-electron chi connectivity index (χ0n) is 17.9. The molecule has 0 N–H and O–H groups in total. The third kappa shape index (κ3) is 4.60. The van der Waals surface area contributed by atoms with Crippen LogP contribution in [-0.2, 0) is 4.79 Å². The van der Waals surface area contributed by atoms with E-state index in [0.717, 1.165) is 23.2 Å². The molecular weight excluding hydrogens is 396 g/mol. The van der Waals surface area contributed by atoms with Crippen LogP contribution in [0.1, 0.15) is 12.7 Å². The van der Waals surface area contributed by atoms with Crippen LogP contribution >= 0.6 is 0 Å². The Kier molecular flexibility index (Phi) is 6.01. The smallest absolute Gasteiger partial charge is 0.263 e. The first kappa shape index (κ1) is 20.6. The Morgan fingerprint density at radius 2 is 1.61 bits per heavy atom. The summed E-state index contributed by atoms with van der Waals surface area (Å²) in [6.07, 6.45) is 3.04. The summed E-state index contributed by atoms with van der Waals surface area (Å²) in [4.78, 5) is 21.0. The third-order valence-electron chi connectivity index (χ3n) is 5.34. The first-order valence-electron chi connectivity index (χ1n) is 10.2. The standard InChI is InChI=1S/C22H26N6O3/c1-16(31-19-6-4-18(30-3)5-7-19)22(29)27-14-12-26(13-15-27)20-8-9-21(25-24-20)28-11-10-23-17(28)2/h4-11,16H,12-15H2,1-3H3. The fraction of sp³-hybridized carbons (Fsp3) is 0.364. The van der Waals surface area contributed by atoms with Crippen molar-refractivity contribution < 1.29 is 14.3 Å². The Morgan fingerprint density at radius 3 is 2.19 bits per heavy atom. The van der Waals surface area contributed by atoms with Gasteiger partial charge in [-0.15, -0.1) is 10.2 Å². The molecule has 3 heterocycles. The monoisotopic (exact) mass is 422 g/mol. The molecule has 4 rings (SSSR count). The average Bonchev–Trinajstić information content (AvgIpc) is 3.25. The molecule has 9 heteroatoms. The maximum atomic E-state index is 12.8. The molecule has 1 aliphatic rings. The number of nitrogens with zero attached hydrogens (tertiary/aromatic N) is 6. The van der Waals surface area contributed by atoms with Crippen LogP contribution < -0.4 is 14.4 Å². The molecular formula is C22H26N6O3. The highest BCUT2D eigenvalue weighted by Gasteiger charge is 2.26. The fourth-order valence-electron chi connectivity index (χ4n) is 3.56. The van der Waals surface area contributed by atoms with Crippen LogP contribution in [0.15, 0.2) is 48.8 Å². The van der Waals surface area contributed by atoms with Crippen molar-refractivity contribution in [3.8, 4) is 17.3 Å². The van der Waals surface area contributed by atoms with Gasteiger partial charge in [-0.25, -0.2) is 4.98 Å². The number of carbonyl (C=O) groups is 1. The predicted molar refractivity (Wildman–Crippen MR) is 116 cm³/mol. The number of rotatable bonds is 6. The van der Waals surface area contributed by atoms with Crippen molar-refractivity contribution in [2.45, 2.75) is 20.0 Å². The topological polar surface area (TPSA) is 85.6 Å². The number of piperazine rings is 1. The molecule has 0 radical (unpaired) electrons. The molecule has 1 aromatic carbocycles. The molecule has 0 aliphatic carbocycles. The number of carbonyl (C=O) groups excluding carboxylic acids is 1. The molecule has 1 saturated heterocycles. The van der Waals surface area contributed by atoms with Gasteiger partial charge in [0.05, 0.1) is 7.11 Å². The fourth-order valence-corrected chi connectivity index (χ4v) is 3.56. The maximum Gasteiger partial charge on any atom is 0.263 e. The number of aryl methyl sites for hydroxylation is 1. The van der Waals surface area contributed by atoms with E-state index in [1.165, 1.54) is 0 Å². The van der Waals surface area contributed by atoms with Crippen LogP contribution in [0, 0.1) is 6.92 Å². The number of ether oxygens (including phenoxy) is 2. The zero-order chi connectivity index (χ0) is 21.8. The molecule has 3 aromatic rings. The quantitative estimate of drug-likeness (QED) is 0.601. The van der Waals surface area contributed by atoms with Crippen LogP contribution in [-0.4, -0.2) is 69.9 Å². The van der Waals surface area contributed by atoms with Gasteiger partial charge in [0.1, 0.15) is 17.3 Å². The molecule has 31 heavy (non-hydrogen) atoms. The highest BCUT2D eigenvalue weighted by atomic mass is 16.5. The number of methoxy groups -OCH3 is 1. The van der Waals surface area contributed by atoms with Gasteiger partial charge in [-0.05, 0) is 50.2 Å². The minimum Gasteiger partial charge on any atom is -0.497 e. The van der Waals surface area contributed by atoms with Crippen LogP contribution in [0.2, 0.25) is 0 Å². The Balaban J connectivity index is 1.31. The number of imidazole rings is 1. The van der Waals surface area contributed by atoms with Gasteiger partial charge in [0.15, 0.2) is 17.7 Å². The zero-order valence-corrected chi connectivity index (χ0v) is 17.9. The van der Waals surface area contributed by atoms with E-state index < -0.39 is 6.10 Å². The maximum absolute atomic E-state index is 12.8. The Bertz CT molecular complexity index is 1010. The Hall–Kier alpha value is -3.62. The summed E-state index contributed by atoms with van der Waals surface area (Å²) in [5.41, 5.74) is 0. The summed E-state index contributed by atoms with van der Waals surface area (Å²) in [5.74, 6) is 3.77. The molecule has 0 saturated carbocycles. The second kappa shape index (κ2) is 9.03. The Labute approximate surface area is 181 Å². The van der Waals surface area contributed by atoms with Crippen molar-refractivity contribution in [1.29, 1.82) is 0 Å². The summed E-state index contributed by atoms with van der Waals surface area (Å²) in [6, 6.07) is 11.1. The highest BCUT2D eigenvalue weighted by Crippen LogP contribution is 2.20. The molecule has 9 nitrogen and oxygen atoms in total. The minimum absolute atomic E-state index is 0.0208. The number of aromatic nitrogens is 4. The summed E-state index contributed by atoms with van der Waals surface area (Å²) in [7, 11) is 1.61. The van der Waals surface area contributed by atoms with E-state index in [2.05, 4.69) is 20.1 Å². The lowest BCUT2D eigenvalue weighted by molar-refractivity contribution is -0.138. The molecule has 1 unspecified atom stereocenters. The van der Waals surface area contributed by atoms with Gasteiger partial charge < -0.3 is 19.3 Å². The predicted octanol–water partition coefficient (Wildman–Crippen LogP) is 2.10. The normalized spacial score (nSPS) is 14.9. The van der Waals surface area contributed by atoms with Gasteiger partial charge in [0, 0.05) is 38.6 Å². The molecule has 0 bridgehead atoms. The van der Waals surface area contributed by atoms with Crippen molar-refractivity contribution in [2.24, 2.45) is 0 Å². The van der Waals surface area contributed by atoms with Crippen LogP contribution in [0.3, 0.4) is 0 Å². The number of anilines is 1. The summed E-state index contributed by atoms with van der Waals surface area (Å²) in [5, 5.41) is 8.68. The van der Waals surface area contributed by atoms with E-state index in [4.69, 9.17) is 9.47 Å². The Morgan fingerprint density at radius 1 is 0.968 bits per heavy atom. The van der Waals surface area contributed by atoms with Gasteiger partial charge in [0.25, 0.3) is 5.91 Å². The second-order valence-corrected chi connectivity index (χ2v) is 7.34. The largest absolute Gasteiger partial charge is 0.497 e. The van der Waals surface area contributed by atoms with Crippen molar-refractivity contribution in [1.82, 2.24) is 24.6 Å². The van der Waals surface area contributed by atoms with Gasteiger partial charge in [-0.2, -0.15) is 0 Å². The van der Waals surface area contributed by atoms with E-state index in [-0.39, 0.29) is 5.91 Å². The first-order valence-corrected chi connectivity index (χ1v) is 10.2. The van der Waals surface area contributed by atoms with E-state index in [1.54, 1.807) is 32.4 Å². The van der Waals surface area contributed by atoms with E-state index in [9.17, 15) is 4.79 Å². The molecule has 162 valence electrons. The van der Waals surface area contributed by atoms with Gasteiger partial charge >= 0.3 is 0 Å². The van der Waals surface area contributed by atoms with E-state index in [0.29, 0.717) is 31.9 Å². The highest BCUT2D eigenvalue weighted by molar-refractivity contribution is 5.81. The molecule has 0 spiro atoms. The lowest BCUT2D eigenvalue weighted by Gasteiger charge is -2.36. The molecule has 1 fully saturated rings. The SMILES string of the molecule is COc1ccc(OC(C)C(=O)N2CCN(c3ccc(-n4ccnc4C)nn3)CC2)cc1. The first-order chi connectivity index (χ1) is 15.0. The third-order valence-corrected chi connectivity index (χ3v) is 5.34. The number of benzene rings is 1. The molecule has 1 atom stereocenters. The second-order valence-electron chi connectivity index (χ2n) is 7.34. The number of amides is 1. The van der Waals surface area contributed by atoms with Gasteiger partial charge in [-0.1, -0.05) is 0 Å².